The van der Waals surface area contributed by atoms with Gasteiger partial charge in [0.2, 0.25) is 0 Å². The van der Waals surface area contributed by atoms with Gasteiger partial charge in [0, 0.05) is 22.2 Å². The highest BCUT2D eigenvalue weighted by molar-refractivity contribution is 6.31. The van der Waals surface area contributed by atoms with Crippen molar-refractivity contribution in [1.29, 1.82) is 0 Å². The second-order valence-corrected chi connectivity index (χ2v) is 6.15. The van der Waals surface area contributed by atoms with Crippen LogP contribution in [-0.4, -0.2) is 19.5 Å². The molecule has 3 nitrogen and oxygen atoms in total. The fourth-order valence-electron chi connectivity index (χ4n) is 2.19. The van der Waals surface area contributed by atoms with E-state index in [2.05, 4.69) is 5.32 Å². The molecule has 0 aliphatic rings. The van der Waals surface area contributed by atoms with E-state index in [1.807, 2.05) is 55.6 Å². The molecule has 0 radical (unpaired) electrons. The van der Waals surface area contributed by atoms with Gasteiger partial charge in [-0.3, -0.25) is 4.79 Å². The SMILES string of the molecule is C[NH+](CC(=O)NCc1ccccc1Cl)Cc1ccc(Cl)cc1. The van der Waals surface area contributed by atoms with Crippen molar-refractivity contribution in [3.8, 4) is 0 Å². The van der Waals surface area contributed by atoms with Crippen molar-refractivity contribution in [2.75, 3.05) is 13.6 Å². The molecule has 2 rings (SSSR count). The predicted molar refractivity (Wildman–Crippen MR) is 90.2 cm³/mol. The molecular formula is C17H19Cl2N2O+. The lowest BCUT2D eigenvalue weighted by Crippen LogP contribution is -3.08. The lowest BCUT2D eigenvalue weighted by molar-refractivity contribution is -0.885. The molecular weight excluding hydrogens is 319 g/mol. The Morgan fingerprint density at radius 1 is 1.09 bits per heavy atom. The van der Waals surface area contributed by atoms with Gasteiger partial charge in [-0.05, 0) is 23.8 Å². The second-order valence-electron chi connectivity index (χ2n) is 5.31. The van der Waals surface area contributed by atoms with Gasteiger partial charge in [-0.15, -0.1) is 0 Å². The molecule has 2 aromatic carbocycles. The minimum atomic E-state index is 0.00591. The molecule has 1 atom stereocenters. The summed E-state index contributed by atoms with van der Waals surface area (Å²) in [6, 6.07) is 15.2. The molecule has 22 heavy (non-hydrogen) atoms. The average molecular weight is 338 g/mol. The minimum Gasteiger partial charge on any atom is -0.347 e. The Labute approximate surface area is 140 Å². The first-order chi connectivity index (χ1) is 10.5. The molecule has 1 unspecified atom stereocenters. The quantitative estimate of drug-likeness (QED) is 0.833. The third kappa shape index (κ3) is 5.34. The fraction of sp³-hybridized carbons (Fsp3) is 0.235. The number of carbonyl (C=O) groups is 1. The van der Waals surface area contributed by atoms with Gasteiger partial charge in [-0.25, -0.2) is 0 Å². The maximum Gasteiger partial charge on any atom is 0.275 e. The zero-order chi connectivity index (χ0) is 15.9. The molecule has 0 saturated carbocycles. The Hall–Kier alpha value is -1.55. The number of carbonyl (C=O) groups excluding carboxylic acids is 1. The van der Waals surface area contributed by atoms with E-state index < -0.39 is 0 Å². The van der Waals surface area contributed by atoms with Crippen molar-refractivity contribution in [2.45, 2.75) is 13.1 Å². The molecule has 0 fully saturated rings. The third-order valence-corrected chi connectivity index (χ3v) is 3.94. The molecule has 0 bridgehead atoms. The van der Waals surface area contributed by atoms with Crippen LogP contribution in [-0.2, 0) is 17.9 Å². The zero-order valence-corrected chi connectivity index (χ0v) is 13.9. The van der Waals surface area contributed by atoms with Crippen molar-refractivity contribution >= 4 is 29.1 Å². The Morgan fingerprint density at radius 2 is 1.77 bits per heavy atom. The van der Waals surface area contributed by atoms with Crippen LogP contribution in [0, 0.1) is 0 Å². The fourth-order valence-corrected chi connectivity index (χ4v) is 2.51. The van der Waals surface area contributed by atoms with Crippen LogP contribution in [0.25, 0.3) is 0 Å². The van der Waals surface area contributed by atoms with Crippen molar-refractivity contribution in [1.82, 2.24) is 5.32 Å². The van der Waals surface area contributed by atoms with Gasteiger partial charge in [0.1, 0.15) is 6.54 Å². The van der Waals surface area contributed by atoms with Gasteiger partial charge in [-0.1, -0.05) is 53.5 Å². The average Bonchev–Trinajstić information content (AvgIpc) is 2.49. The van der Waals surface area contributed by atoms with Crippen LogP contribution < -0.4 is 10.2 Å². The molecule has 0 aliphatic heterocycles. The summed E-state index contributed by atoms with van der Waals surface area (Å²) in [6.07, 6.45) is 0. The molecule has 0 heterocycles. The molecule has 2 aromatic rings. The Bertz CT molecular complexity index is 629. The predicted octanol–water partition coefficient (Wildman–Crippen LogP) is 2.32. The summed E-state index contributed by atoms with van der Waals surface area (Å²) >= 11 is 11.9. The second kappa shape index (κ2) is 8.18. The summed E-state index contributed by atoms with van der Waals surface area (Å²) in [6.45, 7) is 1.64. The van der Waals surface area contributed by atoms with Crippen LogP contribution in [0.1, 0.15) is 11.1 Å². The van der Waals surface area contributed by atoms with Gasteiger partial charge < -0.3 is 10.2 Å². The van der Waals surface area contributed by atoms with Gasteiger partial charge in [-0.2, -0.15) is 0 Å². The minimum absolute atomic E-state index is 0.00591. The number of halogens is 2. The number of benzene rings is 2. The van der Waals surface area contributed by atoms with Gasteiger partial charge >= 0.3 is 0 Å². The van der Waals surface area contributed by atoms with Crippen molar-refractivity contribution in [2.24, 2.45) is 0 Å². The van der Waals surface area contributed by atoms with Gasteiger partial charge in [0.05, 0.1) is 7.05 Å². The molecule has 116 valence electrons. The number of quaternary nitrogens is 1. The molecule has 0 saturated heterocycles. The Kier molecular flexibility index (Phi) is 6.25. The van der Waals surface area contributed by atoms with E-state index in [9.17, 15) is 4.79 Å². The van der Waals surface area contributed by atoms with E-state index in [-0.39, 0.29) is 5.91 Å². The molecule has 2 N–H and O–H groups in total. The summed E-state index contributed by atoms with van der Waals surface area (Å²) in [5, 5.41) is 4.29. The maximum absolute atomic E-state index is 12.0. The number of rotatable bonds is 6. The number of hydrogen-bond acceptors (Lipinski definition) is 1. The molecule has 0 spiro atoms. The van der Waals surface area contributed by atoms with Crippen LogP contribution in [0.15, 0.2) is 48.5 Å². The van der Waals surface area contributed by atoms with E-state index in [1.165, 1.54) is 0 Å². The van der Waals surface area contributed by atoms with Crippen molar-refractivity contribution in [3.05, 3.63) is 69.7 Å². The van der Waals surface area contributed by atoms with Crippen LogP contribution >= 0.6 is 23.2 Å². The van der Waals surface area contributed by atoms with Crippen LogP contribution in [0.4, 0.5) is 0 Å². The van der Waals surface area contributed by atoms with Crippen LogP contribution in [0.2, 0.25) is 10.0 Å². The highest BCUT2D eigenvalue weighted by Crippen LogP contribution is 2.14. The summed E-state index contributed by atoms with van der Waals surface area (Å²) in [4.78, 5) is 13.1. The summed E-state index contributed by atoms with van der Waals surface area (Å²) in [5.74, 6) is 0.00591. The molecule has 0 aromatic heterocycles. The van der Waals surface area contributed by atoms with Crippen molar-refractivity contribution < 1.29 is 9.69 Å². The van der Waals surface area contributed by atoms with E-state index in [0.717, 1.165) is 27.6 Å². The van der Waals surface area contributed by atoms with Gasteiger partial charge in [0.25, 0.3) is 5.91 Å². The number of amides is 1. The lowest BCUT2D eigenvalue weighted by Gasteiger charge is -2.14. The number of likely N-dealkylation sites (N-methyl/N-ethyl adjacent to an activating group) is 1. The summed E-state index contributed by atoms with van der Waals surface area (Å²) < 4.78 is 0. The Balaban J connectivity index is 1.79. The molecule has 5 heteroatoms. The van der Waals surface area contributed by atoms with E-state index >= 15 is 0 Å². The van der Waals surface area contributed by atoms with E-state index in [4.69, 9.17) is 23.2 Å². The first-order valence-electron chi connectivity index (χ1n) is 7.10. The molecule has 1 amide bonds. The van der Waals surface area contributed by atoms with E-state index in [1.54, 1.807) is 0 Å². The summed E-state index contributed by atoms with van der Waals surface area (Å²) in [5.41, 5.74) is 2.08. The lowest BCUT2D eigenvalue weighted by atomic mass is 10.2. The van der Waals surface area contributed by atoms with Crippen LogP contribution in [0.5, 0.6) is 0 Å². The number of nitrogens with one attached hydrogen (secondary N) is 2. The largest absolute Gasteiger partial charge is 0.347 e. The first kappa shape index (κ1) is 16.8. The maximum atomic E-state index is 12.0. The third-order valence-electron chi connectivity index (χ3n) is 3.32. The normalized spacial score (nSPS) is 12.0. The smallest absolute Gasteiger partial charge is 0.275 e. The van der Waals surface area contributed by atoms with Gasteiger partial charge in [0.15, 0.2) is 6.54 Å². The zero-order valence-electron chi connectivity index (χ0n) is 12.4. The standard InChI is InChI=1S/C17H18Cl2N2O/c1-21(11-13-6-8-15(18)9-7-13)12-17(22)20-10-14-4-2-3-5-16(14)19/h2-9H,10-12H2,1H3,(H,20,22)/p+1. The van der Waals surface area contributed by atoms with E-state index in [0.29, 0.717) is 18.1 Å². The highest BCUT2D eigenvalue weighted by atomic mass is 35.5. The number of hydrogen-bond donors (Lipinski definition) is 2. The highest BCUT2D eigenvalue weighted by Gasteiger charge is 2.11. The first-order valence-corrected chi connectivity index (χ1v) is 7.86. The molecule has 0 aliphatic carbocycles. The van der Waals surface area contributed by atoms with Crippen LogP contribution in [0.3, 0.4) is 0 Å². The topological polar surface area (TPSA) is 33.5 Å². The summed E-state index contributed by atoms with van der Waals surface area (Å²) in [7, 11) is 1.99. The van der Waals surface area contributed by atoms with Crippen molar-refractivity contribution in [3.63, 3.8) is 0 Å². The Morgan fingerprint density at radius 3 is 2.45 bits per heavy atom. The monoisotopic (exact) mass is 337 g/mol.